The molecule has 108 valence electrons. The second kappa shape index (κ2) is 6.37. The van der Waals surface area contributed by atoms with E-state index in [9.17, 15) is 19.5 Å². The molecule has 0 aliphatic carbocycles. The Morgan fingerprint density at radius 2 is 1.74 bits per heavy atom. The maximum Gasteiger partial charge on any atom is 0.408 e. The second-order valence-electron chi connectivity index (χ2n) is 3.91. The van der Waals surface area contributed by atoms with E-state index in [4.69, 9.17) is 9.47 Å². The average Bonchev–Trinajstić information content (AvgIpc) is 2.38. The van der Waals surface area contributed by atoms with E-state index in [0.717, 1.165) is 4.90 Å². The van der Waals surface area contributed by atoms with E-state index in [2.05, 4.69) is 5.32 Å². The van der Waals surface area contributed by atoms with E-state index in [-0.39, 0.29) is 26.3 Å². The minimum Gasteiger partial charge on any atom is -0.465 e. The molecule has 1 aliphatic heterocycles. The van der Waals surface area contributed by atoms with E-state index in [0.29, 0.717) is 6.54 Å². The molecule has 1 heterocycles. The molecule has 0 aromatic carbocycles. The largest absolute Gasteiger partial charge is 0.465 e. The van der Waals surface area contributed by atoms with Crippen LogP contribution in [0.25, 0.3) is 0 Å². The highest BCUT2D eigenvalue weighted by Crippen LogP contribution is 2.22. The molecule has 0 unspecified atom stereocenters. The highest BCUT2D eigenvalue weighted by molar-refractivity contribution is 6.07. The van der Waals surface area contributed by atoms with Crippen molar-refractivity contribution in [2.75, 3.05) is 32.8 Å². The van der Waals surface area contributed by atoms with Crippen LogP contribution in [0.1, 0.15) is 13.8 Å². The fourth-order valence-electron chi connectivity index (χ4n) is 1.95. The fourth-order valence-corrected chi connectivity index (χ4v) is 1.95. The van der Waals surface area contributed by atoms with Gasteiger partial charge in [-0.1, -0.05) is 0 Å². The molecule has 19 heavy (non-hydrogen) atoms. The van der Waals surface area contributed by atoms with Gasteiger partial charge in [-0.3, -0.25) is 4.90 Å². The summed E-state index contributed by atoms with van der Waals surface area (Å²) in [4.78, 5) is 36.2. The first-order chi connectivity index (χ1) is 9.00. The van der Waals surface area contributed by atoms with Gasteiger partial charge in [-0.25, -0.2) is 14.4 Å². The number of carbonyl (C=O) groups is 3. The molecule has 0 aromatic rings. The quantitative estimate of drug-likeness (QED) is 0.522. The summed E-state index contributed by atoms with van der Waals surface area (Å²) in [5.41, 5.74) is -1.96. The van der Waals surface area contributed by atoms with E-state index < -0.39 is 23.6 Å². The van der Waals surface area contributed by atoms with Crippen molar-refractivity contribution in [2.24, 2.45) is 0 Å². The summed E-state index contributed by atoms with van der Waals surface area (Å²) >= 11 is 0. The van der Waals surface area contributed by atoms with Gasteiger partial charge in [0.2, 0.25) is 0 Å². The Balaban J connectivity index is 3.17. The highest BCUT2D eigenvalue weighted by Gasteiger charge is 2.57. The highest BCUT2D eigenvalue weighted by atomic mass is 16.6. The number of carbonyl (C=O) groups excluding carboxylic acids is 2. The summed E-state index contributed by atoms with van der Waals surface area (Å²) in [6, 6.07) is 0. The van der Waals surface area contributed by atoms with Crippen molar-refractivity contribution in [3.05, 3.63) is 0 Å². The number of carboxylic acid groups (broad SMARTS) is 1. The summed E-state index contributed by atoms with van der Waals surface area (Å²) in [5, 5.41) is 12.0. The standard InChI is InChI=1S/C11H18N2O6/c1-3-18-8(14)11(9(15)19-4-2)7-12-5-6-13(11)10(16)17/h12H,3-7H2,1-2H3,(H,16,17). The maximum atomic E-state index is 12.1. The monoisotopic (exact) mass is 274 g/mol. The Labute approximate surface area is 110 Å². The lowest BCUT2D eigenvalue weighted by atomic mass is 9.95. The van der Waals surface area contributed by atoms with Gasteiger partial charge in [0.15, 0.2) is 0 Å². The van der Waals surface area contributed by atoms with E-state index in [1.807, 2.05) is 0 Å². The van der Waals surface area contributed by atoms with Crippen LogP contribution in [-0.2, 0) is 19.1 Å². The molecule has 1 amide bonds. The van der Waals surface area contributed by atoms with Crippen LogP contribution in [0, 0.1) is 0 Å². The number of ether oxygens (including phenoxy) is 2. The molecular weight excluding hydrogens is 256 g/mol. The zero-order valence-electron chi connectivity index (χ0n) is 11.0. The molecule has 0 atom stereocenters. The summed E-state index contributed by atoms with van der Waals surface area (Å²) in [7, 11) is 0. The SMILES string of the molecule is CCOC(=O)C1(C(=O)OCC)CNCCN1C(=O)O. The molecule has 0 spiro atoms. The number of nitrogens with zero attached hydrogens (tertiary/aromatic N) is 1. The van der Waals surface area contributed by atoms with Crippen LogP contribution in [0.2, 0.25) is 0 Å². The summed E-state index contributed by atoms with van der Waals surface area (Å²) in [6.07, 6.45) is -1.36. The molecule has 8 heteroatoms. The van der Waals surface area contributed by atoms with Crippen LogP contribution in [0.5, 0.6) is 0 Å². The molecule has 1 rings (SSSR count). The van der Waals surface area contributed by atoms with Crippen molar-refractivity contribution in [3.8, 4) is 0 Å². The minimum atomic E-state index is -1.96. The Kier molecular flexibility index (Phi) is 5.11. The molecule has 1 aliphatic rings. The number of esters is 2. The molecule has 2 N–H and O–H groups in total. The Morgan fingerprint density at radius 3 is 2.16 bits per heavy atom. The molecular formula is C11H18N2O6. The van der Waals surface area contributed by atoms with Crippen LogP contribution in [0.4, 0.5) is 4.79 Å². The summed E-state index contributed by atoms with van der Waals surface area (Å²) < 4.78 is 9.70. The van der Waals surface area contributed by atoms with Gasteiger partial charge in [-0.2, -0.15) is 0 Å². The topological polar surface area (TPSA) is 105 Å². The number of piperazine rings is 1. The van der Waals surface area contributed by atoms with E-state index in [1.54, 1.807) is 13.8 Å². The maximum absolute atomic E-state index is 12.1. The molecule has 0 radical (unpaired) electrons. The molecule has 0 bridgehead atoms. The first-order valence-corrected chi connectivity index (χ1v) is 6.06. The van der Waals surface area contributed by atoms with Crippen molar-refractivity contribution in [2.45, 2.75) is 19.4 Å². The van der Waals surface area contributed by atoms with Crippen LogP contribution in [0.15, 0.2) is 0 Å². The third-order valence-corrected chi connectivity index (χ3v) is 2.81. The lowest BCUT2D eigenvalue weighted by molar-refractivity contribution is -0.174. The molecule has 8 nitrogen and oxygen atoms in total. The fraction of sp³-hybridized carbons (Fsp3) is 0.727. The molecule has 0 saturated carbocycles. The van der Waals surface area contributed by atoms with Crippen LogP contribution in [-0.4, -0.2) is 66.4 Å². The van der Waals surface area contributed by atoms with Crippen LogP contribution >= 0.6 is 0 Å². The Hall–Kier alpha value is -1.83. The third-order valence-electron chi connectivity index (χ3n) is 2.81. The van der Waals surface area contributed by atoms with Gasteiger partial charge in [0.1, 0.15) is 0 Å². The first-order valence-electron chi connectivity index (χ1n) is 6.06. The number of hydrogen-bond acceptors (Lipinski definition) is 6. The van der Waals surface area contributed by atoms with Crippen LogP contribution in [0.3, 0.4) is 0 Å². The van der Waals surface area contributed by atoms with Crippen molar-refractivity contribution in [1.82, 2.24) is 10.2 Å². The Bertz CT molecular complexity index is 352. The minimum absolute atomic E-state index is 0.00691. The van der Waals surface area contributed by atoms with E-state index in [1.165, 1.54) is 0 Å². The summed E-state index contributed by atoms with van der Waals surface area (Å²) in [6.45, 7) is 3.47. The van der Waals surface area contributed by atoms with Crippen molar-refractivity contribution >= 4 is 18.0 Å². The van der Waals surface area contributed by atoms with Gasteiger partial charge in [0.05, 0.1) is 13.2 Å². The molecule has 0 aromatic heterocycles. The van der Waals surface area contributed by atoms with Crippen molar-refractivity contribution in [1.29, 1.82) is 0 Å². The number of nitrogens with one attached hydrogen (secondary N) is 1. The van der Waals surface area contributed by atoms with Gasteiger partial charge in [-0.15, -0.1) is 0 Å². The molecule has 1 saturated heterocycles. The normalized spacial score (nSPS) is 17.7. The zero-order valence-corrected chi connectivity index (χ0v) is 11.0. The van der Waals surface area contributed by atoms with Gasteiger partial charge >= 0.3 is 18.0 Å². The number of rotatable bonds is 4. The van der Waals surface area contributed by atoms with E-state index >= 15 is 0 Å². The third kappa shape index (κ3) is 2.78. The smallest absolute Gasteiger partial charge is 0.408 e. The first kappa shape index (κ1) is 15.2. The lowest BCUT2D eigenvalue weighted by Crippen LogP contribution is -2.71. The number of hydrogen-bond donors (Lipinski definition) is 2. The Morgan fingerprint density at radius 1 is 1.21 bits per heavy atom. The van der Waals surface area contributed by atoms with Gasteiger partial charge in [0, 0.05) is 19.6 Å². The second-order valence-corrected chi connectivity index (χ2v) is 3.91. The number of amides is 1. The zero-order chi connectivity index (χ0) is 14.5. The van der Waals surface area contributed by atoms with Gasteiger partial charge < -0.3 is 19.9 Å². The predicted octanol–water partition coefficient (Wildman–Crippen LogP) is -0.565. The predicted molar refractivity (Wildman–Crippen MR) is 63.6 cm³/mol. The van der Waals surface area contributed by atoms with Crippen molar-refractivity contribution in [3.63, 3.8) is 0 Å². The average molecular weight is 274 g/mol. The van der Waals surface area contributed by atoms with Gasteiger partial charge in [0.25, 0.3) is 5.54 Å². The molecule has 1 fully saturated rings. The lowest BCUT2D eigenvalue weighted by Gasteiger charge is -2.41. The van der Waals surface area contributed by atoms with Gasteiger partial charge in [-0.05, 0) is 13.8 Å². The summed E-state index contributed by atoms with van der Waals surface area (Å²) in [5.74, 6) is -1.83. The van der Waals surface area contributed by atoms with Crippen molar-refractivity contribution < 1.29 is 29.0 Å². The van der Waals surface area contributed by atoms with Crippen LogP contribution < -0.4 is 5.32 Å².